The molecule has 2 aliphatic heterocycles. The fourth-order valence-corrected chi connectivity index (χ4v) is 3.52. The molecule has 1 atom stereocenters. The van der Waals surface area contributed by atoms with Gasteiger partial charge < -0.3 is 15.5 Å². The number of amides is 2. The van der Waals surface area contributed by atoms with Crippen LogP contribution in [0.25, 0.3) is 0 Å². The molecule has 2 N–H and O–H groups in total. The highest BCUT2D eigenvalue weighted by Gasteiger charge is 2.20. The summed E-state index contributed by atoms with van der Waals surface area (Å²) in [6, 6.07) is 5.86. The second kappa shape index (κ2) is 7.13. The van der Waals surface area contributed by atoms with Crippen molar-refractivity contribution in [2.24, 2.45) is 5.92 Å². The molecule has 0 bridgehead atoms. The predicted molar refractivity (Wildman–Crippen MR) is 91.6 cm³/mol. The average Bonchev–Trinajstić information content (AvgIpc) is 3.05. The van der Waals surface area contributed by atoms with Crippen LogP contribution in [0.5, 0.6) is 0 Å². The minimum absolute atomic E-state index is 0.0768. The van der Waals surface area contributed by atoms with Gasteiger partial charge in [-0.25, -0.2) is 0 Å². The molecule has 124 valence electrons. The standard InChI is InChI=1S/C18H25N3O2/c1-13(22)21-10-2-3-15-11-16(5-6-17(15)21)20-18(23)7-4-14-8-9-19-12-14/h5-6,11,14,19H,2-4,7-10,12H2,1H3,(H,20,23). The van der Waals surface area contributed by atoms with E-state index in [2.05, 4.69) is 10.6 Å². The topological polar surface area (TPSA) is 61.4 Å². The first-order chi connectivity index (χ1) is 11.1. The largest absolute Gasteiger partial charge is 0.326 e. The van der Waals surface area contributed by atoms with Crippen molar-refractivity contribution in [2.45, 2.75) is 39.0 Å². The summed E-state index contributed by atoms with van der Waals surface area (Å²) in [5, 5.41) is 6.33. The summed E-state index contributed by atoms with van der Waals surface area (Å²) < 4.78 is 0. The lowest BCUT2D eigenvalue weighted by atomic mass is 10.0. The normalized spacial score (nSPS) is 20.2. The fraction of sp³-hybridized carbons (Fsp3) is 0.556. The van der Waals surface area contributed by atoms with Gasteiger partial charge >= 0.3 is 0 Å². The van der Waals surface area contributed by atoms with Crippen molar-refractivity contribution < 1.29 is 9.59 Å². The molecule has 0 aliphatic carbocycles. The Balaban J connectivity index is 1.60. The van der Waals surface area contributed by atoms with E-state index in [9.17, 15) is 9.59 Å². The summed E-state index contributed by atoms with van der Waals surface area (Å²) in [5.41, 5.74) is 2.96. The molecule has 1 aromatic carbocycles. The van der Waals surface area contributed by atoms with Crippen LogP contribution >= 0.6 is 0 Å². The van der Waals surface area contributed by atoms with E-state index in [1.54, 1.807) is 6.92 Å². The van der Waals surface area contributed by atoms with Gasteiger partial charge in [-0.2, -0.15) is 0 Å². The van der Waals surface area contributed by atoms with Gasteiger partial charge in [0.25, 0.3) is 0 Å². The Morgan fingerprint density at radius 1 is 1.39 bits per heavy atom. The minimum atomic E-state index is 0.0768. The van der Waals surface area contributed by atoms with Gasteiger partial charge in [-0.15, -0.1) is 0 Å². The first-order valence-corrected chi connectivity index (χ1v) is 8.55. The molecule has 3 rings (SSSR count). The van der Waals surface area contributed by atoms with E-state index < -0.39 is 0 Å². The summed E-state index contributed by atoms with van der Waals surface area (Å²) in [6.45, 7) is 4.49. The molecule has 2 amide bonds. The van der Waals surface area contributed by atoms with Gasteiger partial charge in [0, 0.05) is 31.3 Å². The second-order valence-electron chi connectivity index (χ2n) is 6.56. The van der Waals surface area contributed by atoms with Crippen LogP contribution in [0.3, 0.4) is 0 Å². The summed E-state index contributed by atoms with van der Waals surface area (Å²) >= 11 is 0. The number of anilines is 2. The third kappa shape index (κ3) is 3.91. The van der Waals surface area contributed by atoms with E-state index in [1.807, 2.05) is 23.1 Å². The van der Waals surface area contributed by atoms with Crippen molar-refractivity contribution in [3.05, 3.63) is 23.8 Å². The zero-order chi connectivity index (χ0) is 16.2. The van der Waals surface area contributed by atoms with Crippen molar-refractivity contribution in [2.75, 3.05) is 29.9 Å². The molecule has 0 radical (unpaired) electrons. The van der Waals surface area contributed by atoms with E-state index in [-0.39, 0.29) is 11.8 Å². The molecule has 1 unspecified atom stereocenters. The number of rotatable bonds is 4. The van der Waals surface area contributed by atoms with Gasteiger partial charge in [0.05, 0.1) is 0 Å². The van der Waals surface area contributed by atoms with Crippen molar-refractivity contribution in [3.8, 4) is 0 Å². The van der Waals surface area contributed by atoms with Crippen LogP contribution in [0.4, 0.5) is 11.4 Å². The summed E-state index contributed by atoms with van der Waals surface area (Å²) in [6.07, 6.45) is 4.62. The number of nitrogens with zero attached hydrogens (tertiary/aromatic N) is 1. The monoisotopic (exact) mass is 315 g/mol. The Morgan fingerprint density at radius 2 is 2.26 bits per heavy atom. The van der Waals surface area contributed by atoms with Crippen LogP contribution in [0, 0.1) is 5.92 Å². The van der Waals surface area contributed by atoms with Gasteiger partial charge in [0.15, 0.2) is 0 Å². The number of fused-ring (bicyclic) bond motifs is 1. The molecule has 1 saturated heterocycles. The molecule has 0 saturated carbocycles. The highest BCUT2D eigenvalue weighted by atomic mass is 16.2. The maximum atomic E-state index is 12.1. The zero-order valence-corrected chi connectivity index (χ0v) is 13.7. The van der Waals surface area contributed by atoms with Gasteiger partial charge in [-0.05, 0) is 68.5 Å². The SMILES string of the molecule is CC(=O)N1CCCc2cc(NC(=O)CCC3CCNC3)ccc21. The number of carbonyl (C=O) groups excluding carboxylic acids is 2. The first-order valence-electron chi connectivity index (χ1n) is 8.55. The average molecular weight is 315 g/mol. The summed E-state index contributed by atoms with van der Waals surface area (Å²) in [4.78, 5) is 25.6. The number of carbonyl (C=O) groups is 2. The molecular weight excluding hydrogens is 290 g/mol. The molecule has 5 heteroatoms. The van der Waals surface area contributed by atoms with E-state index in [1.165, 1.54) is 6.42 Å². The van der Waals surface area contributed by atoms with Crippen molar-refractivity contribution >= 4 is 23.2 Å². The van der Waals surface area contributed by atoms with Crippen molar-refractivity contribution in [3.63, 3.8) is 0 Å². The van der Waals surface area contributed by atoms with E-state index >= 15 is 0 Å². The fourth-order valence-electron chi connectivity index (χ4n) is 3.52. The number of hydrogen-bond donors (Lipinski definition) is 2. The molecule has 2 aliphatic rings. The lowest BCUT2D eigenvalue weighted by Gasteiger charge is -2.29. The van der Waals surface area contributed by atoms with Gasteiger partial charge in [-0.3, -0.25) is 9.59 Å². The summed E-state index contributed by atoms with van der Waals surface area (Å²) in [7, 11) is 0. The molecule has 2 heterocycles. The number of hydrogen-bond acceptors (Lipinski definition) is 3. The van der Waals surface area contributed by atoms with E-state index in [4.69, 9.17) is 0 Å². The second-order valence-corrected chi connectivity index (χ2v) is 6.56. The number of benzene rings is 1. The van der Waals surface area contributed by atoms with Gasteiger partial charge in [0.1, 0.15) is 0 Å². The Morgan fingerprint density at radius 3 is 3.00 bits per heavy atom. The molecule has 5 nitrogen and oxygen atoms in total. The molecular formula is C18H25N3O2. The quantitative estimate of drug-likeness (QED) is 0.896. The molecule has 23 heavy (non-hydrogen) atoms. The van der Waals surface area contributed by atoms with Crippen LogP contribution in [0.15, 0.2) is 18.2 Å². The predicted octanol–water partition coefficient (Wildman–Crippen LogP) is 2.31. The highest BCUT2D eigenvalue weighted by molar-refractivity contribution is 5.94. The van der Waals surface area contributed by atoms with E-state index in [0.717, 1.165) is 55.8 Å². The first kappa shape index (κ1) is 16.0. The maximum absolute atomic E-state index is 12.1. The third-order valence-electron chi connectivity index (χ3n) is 4.80. The van der Waals surface area contributed by atoms with Crippen LogP contribution < -0.4 is 15.5 Å². The molecule has 0 aromatic heterocycles. The maximum Gasteiger partial charge on any atom is 0.224 e. The smallest absolute Gasteiger partial charge is 0.224 e. The molecule has 1 fully saturated rings. The Hall–Kier alpha value is -1.88. The molecule has 1 aromatic rings. The Bertz CT molecular complexity index is 594. The van der Waals surface area contributed by atoms with Crippen molar-refractivity contribution in [1.29, 1.82) is 0 Å². The number of aryl methyl sites for hydroxylation is 1. The van der Waals surface area contributed by atoms with Crippen LogP contribution in [0.2, 0.25) is 0 Å². The minimum Gasteiger partial charge on any atom is -0.326 e. The lowest BCUT2D eigenvalue weighted by molar-refractivity contribution is -0.117. The third-order valence-corrected chi connectivity index (χ3v) is 4.80. The lowest BCUT2D eigenvalue weighted by Crippen LogP contribution is -2.33. The van der Waals surface area contributed by atoms with Crippen LogP contribution in [0.1, 0.15) is 38.2 Å². The van der Waals surface area contributed by atoms with Gasteiger partial charge in [0.2, 0.25) is 11.8 Å². The Kier molecular flexibility index (Phi) is 4.96. The zero-order valence-electron chi connectivity index (χ0n) is 13.7. The van der Waals surface area contributed by atoms with Crippen LogP contribution in [-0.2, 0) is 16.0 Å². The van der Waals surface area contributed by atoms with Crippen molar-refractivity contribution in [1.82, 2.24) is 5.32 Å². The Labute approximate surface area is 137 Å². The van der Waals surface area contributed by atoms with Gasteiger partial charge in [-0.1, -0.05) is 0 Å². The van der Waals surface area contributed by atoms with E-state index in [0.29, 0.717) is 12.3 Å². The van der Waals surface area contributed by atoms with Crippen LogP contribution in [-0.4, -0.2) is 31.4 Å². The summed E-state index contributed by atoms with van der Waals surface area (Å²) in [5.74, 6) is 0.789. The highest BCUT2D eigenvalue weighted by Crippen LogP contribution is 2.30. The molecule has 0 spiro atoms. The number of nitrogens with one attached hydrogen (secondary N) is 2.